The number of nitrogens with zero attached hydrogens (tertiary/aromatic N) is 3. The molecule has 3 aromatic carbocycles. The lowest BCUT2D eigenvalue weighted by molar-refractivity contribution is -0.106. The van der Waals surface area contributed by atoms with Crippen LogP contribution in [0.1, 0.15) is 12.5 Å². The zero-order valence-corrected chi connectivity index (χ0v) is 17.6. The number of nitrogens with one attached hydrogen (secondary N) is 1. The van der Waals surface area contributed by atoms with Gasteiger partial charge in [0.1, 0.15) is 11.6 Å². The highest BCUT2D eigenvalue weighted by molar-refractivity contribution is 5.96. The van der Waals surface area contributed by atoms with E-state index in [4.69, 9.17) is 0 Å². The Morgan fingerprint density at radius 2 is 1.52 bits per heavy atom. The normalized spacial score (nSPS) is 10.9. The van der Waals surface area contributed by atoms with E-state index in [1.807, 2.05) is 31.2 Å². The molecule has 0 aliphatic heterocycles. The fourth-order valence-corrected chi connectivity index (χ4v) is 3.45. The Balaban J connectivity index is 2.21. The van der Waals surface area contributed by atoms with Crippen LogP contribution >= 0.6 is 0 Å². The molecule has 7 heteroatoms. The van der Waals surface area contributed by atoms with Crippen LogP contribution in [-0.4, -0.2) is 26.8 Å². The third-order valence-electron chi connectivity index (χ3n) is 4.94. The number of rotatable bonds is 8. The first-order valence-corrected chi connectivity index (χ1v) is 9.85. The number of halogens is 2. The summed E-state index contributed by atoms with van der Waals surface area (Å²) >= 11 is 0. The number of hydrogen-bond acceptors (Lipinski definition) is 3. The van der Waals surface area contributed by atoms with Crippen molar-refractivity contribution in [1.82, 2.24) is 0 Å². The van der Waals surface area contributed by atoms with E-state index in [-0.39, 0.29) is 11.4 Å². The van der Waals surface area contributed by atoms with Gasteiger partial charge in [0, 0.05) is 20.2 Å². The molecule has 160 valence electrons. The lowest BCUT2D eigenvalue weighted by atomic mass is 10.1. The van der Waals surface area contributed by atoms with Gasteiger partial charge in [0.15, 0.2) is 0 Å². The van der Waals surface area contributed by atoms with Crippen molar-refractivity contribution in [1.29, 1.82) is 0 Å². The summed E-state index contributed by atoms with van der Waals surface area (Å²) in [6.45, 7) is 2.00. The number of anilines is 5. The van der Waals surface area contributed by atoms with Gasteiger partial charge < -0.3 is 5.32 Å². The van der Waals surface area contributed by atoms with Crippen LogP contribution in [0.25, 0.3) is 0 Å². The molecule has 3 rings (SSSR count). The first-order valence-electron chi connectivity index (χ1n) is 9.85. The number of para-hydroxylation sites is 3. The molecule has 0 saturated heterocycles. The Morgan fingerprint density at radius 1 is 0.903 bits per heavy atom. The van der Waals surface area contributed by atoms with E-state index < -0.39 is 11.6 Å². The predicted molar refractivity (Wildman–Crippen MR) is 123 cm³/mol. The van der Waals surface area contributed by atoms with Gasteiger partial charge in [-0.05, 0) is 36.2 Å². The van der Waals surface area contributed by atoms with Gasteiger partial charge in [-0.3, -0.25) is 19.6 Å². The SMILES string of the molecule is CCc1ccccc1N(C=NC)c1cc(N(C=O)c2ccccc2NC)c(F)cc1F. The minimum atomic E-state index is -0.851. The first-order chi connectivity index (χ1) is 15.0. The third kappa shape index (κ3) is 4.40. The van der Waals surface area contributed by atoms with Gasteiger partial charge in [-0.1, -0.05) is 37.3 Å². The van der Waals surface area contributed by atoms with Crippen molar-refractivity contribution in [2.75, 3.05) is 29.2 Å². The molecule has 0 bridgehead atoms. The monoisotopic (exact) mass is 422 g/mol. The van der Waals surface area contributed by atoms with E-state index in [1.165, 1.54) is 12.4 Å². The quantitative estimate of drug-likeness (QED) is 0.289. The van der Waals surface area contributed by atoms with Gasteiger partial charge in [-0.2, -0.15) is 0 Å². The van der Waals surface area contributed by atoms with Crippen molar-refractivity contribution in [3.63, 3.8) is 0 Å². The molecule has 1 N–H and O–H groups in total. The summed E-state index contributed by atoms with van der Waals surface area (Å²) in [5.74, 6) is -1.61. The predicted octanol–water partition coefficient (Wildman–Crippen LogP) is 5.66. The fourth-order valence-electron chi connectivity index (χ4n) is 3.45. The van der Waals surface area contributed by atoms with Gasteiger partial charge >= 0.3 is 0 Å². The summed E-state index contributed by atoms with van der Waals surface area (Å²) in [5, 5.41) is 2.98. The lowest BCUT2D eigenvalue weighted by Gasteiger charge is -2.26. The molecule has 0 fully saturated rings. The Hall–Kier alpha value is -3.74. The topological polar surface area (TPSA) is 47.9 Å². The van der Waals surface area contributed by atoms with Crippen LogP contribution in [-0.2, 0) is 11.2 Å². The highest BCUT2D eigenvalue weighted by atomic mass is 19.1. The number of aryl methyl sites for hydroxylation is 1. The van der Waals surface area contributed by atoms with E-state index >= 15 is 0 Å². The molecule has 3 aromatic rings. The summed E-state index contributed by atoms with van der Waals surface area (Å²) in [7, 11) is 3.28. The van der Waals surface area contributed by atoms with Gasteiger partial charge in [0.25, 0.3) is 0 Å². The second-order valence-corrected chi connectivity index (χ2v) is 6.72. The smallest absolute Gasteiger partial charge is 0.218 e. The number of amides is 1. The summed E-state index contributed by atoms with van der Waals surface area (Å²) in [5.41, 5.74) is 2.78. The van der Waals surface area contributed by atoms with Crippen LogP contribution < -0.4 is 15.1 Å². The van der Waals surface area contributed by atoms with Crippen molar-refractivity contribution < 1.29 is 13.6 Å². The molecule has 0 aliphatic carbocycles. The molecular weight excluding hydrogens is 398 g/mol. The summed E-state index contributed by atoms with van der Waals surface area (Å²) in [6.07, 6.45) is 2.70. The largest absolute Gasteiger partial charge is 0.386 e. The van der Waals surface area contributed by atoms with E-state index in [0.717, 1.165) is 28.6 Å². The van der Waals surface area contributed by atoms with Crippen molar-refractivity contribution in [3.8, 4) is 0 Å². The Kier molecular flexibility index (Phi) is 6.97. The van der Waals surface area contributed by atoms with Crippen LogP contribution in [0.3, 0.4) is 0 Å². The third-order valence-corrected chi connectivity index (χ3v) is 4.94. The molecule has 0 aromatic heterocycles. The van der Waals surface area contributed by atoms with E-state index in [0.29, 0.717) is 17.8 Å². The van der Waals surface area contributed by atoms with Gasteiger partial charge in [-0.15, -0.1) is 0 Å². The molecule has 0 saturated carbocycles. The Labute approximate surface area is 180 Å². The summed E-state index contributed by atoms with van der Waals surface area (Å²) < 4.78 is 29.9. The van der Waals surface area contributed by atoms with Crippen molar-refractivity contribution in [2.24, 2.45) is 4.99 Å². The highest BCUT2D eigenvalue weighted by Gasteiger charge is 2.22. The van der Waals surface area contributed by atoms with Crippen LogP contribution in [0.4, 0.5) is 37.2 Å². The summed E-state index contributed by atoms with van der Waals surface area (Å²) in [6, 6.07) is 16.6. The van der Waals surface area contributed by atoms with E-state index in [1.54, 1.807) is 43.3 Å². The maximum atomic E-state index is 15.0. The molecular formula is C24H24F2N4O. The lowest BCUT2D eigenvalue weighted by Crippen LogP contribution is -2.21. The van der Waals surface area contributed by atoms with Crippen LogP contribution in [0.15, 0.2) is 65.7 Å². The fraction of sp³-hybridized carbons (Fsp3) is 0.167. The maximum absolute atomic E-state index is 15.0. The molecule has 1 amide bonds. The Morgan fingerprint density at radius 3 is 2.13 bits per heavy atom. The van der Waals surface area contributed by atoms with Crippen LogP contribution in [0, 0.1) is 11.6 Å². The Bertz CT molecular complexity index is 1100. The van der Waals surface area contributed by atoms with Crippen LogP contribution in [0.5, 0.6) is 0 Å². The van der Waals surface area contributed by atoms with Crippen molar-refractivity contribution in [2.45, 2.75) is 13.3 Å². The second-order valence-electron chi connectivity index (χ2n) is 6.72. The molecule has 5 nitrogen and oxygen atoms in total. The minimum Gasteiger partial charge on any atom is -0.386 e. The molecule has 0 heterocycles. The molecule has 0 spiro atoms. The number of carbonyl (C=O) groups excluding carboxylic acids is 1. The van der Waals surface area contributed by atoms with E-state index in [9.17, 15) is 13.6 Å². The molecule has 0 radical (unpaired) electrons. The summed E-state index contributed by atoms with van der Waals surface area (Å²) in [4.78, 5) is 18.8. The van der Waals surface area contributed by atoms with Crippen molar-refractivity contribution in [3.05, 3.63) is 77.9 Å². The average molecular weight is 422 g/mol. The number of benzene rings is 3. The second kappa shape index (κ2) is 9.84. The number of carbonyl (C=O) groups is 1. The molecule has 0 unspecified atom stereocenters. The van der Waals surface area contributed by atoms with Gasteiger partial charge in [-0.25, -0.2) is 8.78 Å². The molecule has 0 aliphatic rings. The minimum absolute atomic E-state index is 0.0717. The zero-order chi connectivity index (χ0) is 22.4. The van der Waals surface area contributed by atoms with Crippen molar-refractivity contribution >= 4 is 41.2 Å². The molecule has 31 heavy (non-hydrogen) atoms. The first kappa shape index (κ1) is 22.0. The number of hydrogen-bond donors (Lipinski definition) is 1. The van der Waals surface area contributed by atoms with Gasteiger partial charge in [0.2, 0.25) is 6.41 Å². The van der Waals surface area contributed by atoms with Crippen LogP contribution in [0.2, 0.25) is 0 Å². The standard InChI is InChI=1S/C24H24F2N4O/c1-4-17-9-5-7-11-21(17)29(15-27-2)23-14-24(19(26)13-18(23)25)30(16-31)22-12-8-6-10-20(22)28-3/h5-16,28H,4H2,1-3H3. The van der Waals surface area contributed by atoms with Gasteiger partial charge in [0.05, 0.1) is 34.8 Å². The maximum Gasteiger partial charge on any atom is 0.218 e. The number of aliphatic imine (C=N–C) groups is 1. The zero-order valence-electron chi connectivity index (χ0n) is 17.6. The van der Waals surface area contributed by atoms with E-state index in [2.05, 4.69) is 10.3 Å². The average Bonchev–Trinajstić information content (AvgIpc) is 2.80. The highest BCUT2D eigenvalue weighted by Crippen LogP contribution is 2.38. The molecule has 0 atom stereocenters.